The number of hydrogen-bond acceptors (Lipinski definition) is 3. The summed E-state index contributed by atoms with van der Waals surface area (Å²) in [5, 5.41) is 3.34. The fourth-order valence-electron chi connectivity index (χ4n) is 3.05. The number of likely N-dealkylation sites (tertiary alicyclic amines) is 1. The topological polar surface area (TPSA) is 35.6 Å². The fraction of sp³-hybridized carbons (Fsp3) is 0.929. The minimum atomic E-state index is 0.0787. The van der Waals surface area contributed by atoms with Crippen LogP contribution >= 0.6 is 0 Å². The molecule has 2 saturated heterocycles. The van der Waals surface area contributed by atoms with Crippen LogP contribution in [0.3, 0.4) is 0 Å². The van der Waals surface area contributed by atoms with Gasteiger partial charge in [0.2, 0.25) is 5.91 Å². The van der Waals surface area contributed by atoms with Gasteiger partial charge in [0.25, 0.3) is 0 Å². The van der Waals surface area contributed by atoms with Crippen molar-refractivity contribution in [3.05, 3.63) is 0 Å². The molecule has 4 heteroatoms. The SMILES string of the molecule is CN1CCC(CN(C)C(=O)C2CCCCN2)CC1. The standard InChI is InChI=1S/C14H27N3O/c1-16-9-6-12(7-10-16)11-17(2)14(18)13-5-3-4-8-15-13/h12-13,15H,3-11H2,1-2H3. The van der Waals surface area contributed by atoms with E-state index >= 15 is 0 Å². The number of nitrogens with one attached hydrogen (secondary N) is 1. The Morgan fingerprint density at radius 3 is 2.61 bits per heavy atom. The van der Waals surface area contributed by atoms with Gasteiger partial charge in [0, 0.05) is 13.6 Å². The van der Waals surface area contributed by atoms with E-state index in [9.17, 15) is 4.79 Å². The van der Waals surface area contributed by atoms with E-state index in [4.69, 9.17) is 0 Å². The highest BCUT2D eigenvalue weighted by Gasteiger charge is 2.26. The van der Waals surface area contributed by atoms with Crippen molar-refractivity contribution in [2.24, 2.45) is 5.92 Å². The van der Waals surface area contributed by atoms with Crippen LogP contribution in [-0.4, -0.2) is 62.0 Å². The number of rotatable bonds is 3. The zero-order valence-corrected chi connectivity index (χ0v) is 11.8. The van der Waals surface area contributed by atoms with Gasteiger partial charge < -0.3 is 15.1 Å². The average molecular weight is 253 g/mol. The molecule has 0 spiro atoms. The van der Waals surface area contributed by atoms with E-state index in [1.54, 1.807) is 0 Å². The van der Waals surface area contributed by atoms with Crippen LogP contribution in [0, 0.1) is 5.92 Å². The van der Waals surface area contributed by atoms with Gasteiger partial charge in [0.1, 0.15) is 0 Å². The number of carbonyl (C=O) groups excluding carboxylic acids is 1. The van der Waals surface area contributed by atoms with Crippen molar-refractivity contribution < 1.29 is 4.79 Å². The molecule has 2 aliphatic rings. The van der Waals surface area contributed by atoms with Gasteiger partial charge in [0.05, 0.1) is 6.04 Å². The van der Waals surface area contributed by atoms with Gasteiger partial charge in [-0.25, -0.2) is 0 Å². The van der Waals surface area contributed by atoms with E-state index in [2.05, 4.69) is 17.3 Å². The maximum absolute atomic E-state index is 12.3. The molecule has 0 saturated carbocycles. The summed E-state index contributed by atoms with van der Waals surface area (Å²) in [5.74, 6) is 0.993. The van der Waals surface area contributed by atoms with E-state index in [0.29, 0.717) is 11.8 Å². The van der Waals surface area contributed by atoms with Crippen LogP contribution in [0.2, 0.25) is 0 Å². The highest BCUT2D eigenvalue weighted by atomic mass is 16.2. The summed E-state index contributed by atoms with van der Waals surface area (Å²) in [4.78, 5) is 16.6. The Labute approximate surface area is 111 Å². The first-order valence-corrected chi connectivity index (χ1v) is 7.33. The van der Waals surface area contributed by atoms with Gasteiger partial charge in [-0.05, 0) is 58.3 Å². The highest BCUT2D eigenvalue weighted by molar-refractivity contribution is 5.81. The van der Waals surface area contributed by atoms with Gasteiger partial charge >= 0.3 is 0 Å². The van der Waals surface area contributed by atoms with E-state index in [1.165, 1.54) is 38.8 Å². The summed E-state index contributed by atoms with van der Waals surface area (Å²) in [7, 11) is 4.15. The lowest BCUT2D eigenvalue weighted by Crippen LogP contribution is -2.49. The number of hydrogen-bond donors (Lipinski definition) is 1. The number of amides is 1. The van der Waals surface area contributed by atoms with Gasteiger partial charge in [0.15, 0.2) is 0 Å². The normalized spacial score (nSPS) is 27.1. The van der Waals surface area contributed by atoms with Crippen LogP contribution in [0.5, 0.6) is 0 Å². The maximum atomic E-state index is 12.3. The maximum Gasteiger partial charge on any atom is 0.239 e. The third-order valence-electron chi connectivity index (χ3n) is 4.35. The predicted octanol–water partition coefficient (Wildman–Crippen LogP) is 0.929. The minimum Gasteiger partial charge on any atom is -0.344 e. The number of carbonyl (C=O) groups is 1. The fourth-order valence-corrected chi connectivity index (χ4v) is 3.05. The largest absolute Gasteiger partial charge is 0.344 e. The molecule has 0 aromatic heterocycles. The molecule has 2 aliphatic heterocycles. The molecule has 0 bridgehead atoms. The van der Waals surface area contributed by atoms with Gasteiger partial charge in [-0.2, -0.15) is 0 Å². The van der Waals surface area contributed by atoms with Crippen LogP contribution in [0.4, 0.5) is 0 Å². The number of nitrogens with zero attached hydrogens (tertiary/aromatic N) is 2. The molecule has 0 aromatic rings. The van der Waals surface area contributed by atoms with Crippen molar-refractivity contribution in [3.63, 3.8) is 0 Å². The lowest BCUT2D eigenvalue weighted by Gasteiger charge is -2.33. The molecular weight excluding hydrogens is 226 g/mol. The van der Waals surface area contributed by atoms with E-state index in [0.717, 1.165) is 19.5 Å². The second kappa shape index (κ2) is 6.53. The molecule has 4 nitrogen and oxygen atoms in total. The van der Waals surface area contributed by atoms with Crippen molar-refractivity contribution >= 4 is 5.91 Å². The Bertz CT molecular complexity index is 268. The first-order valence-electron chi connectivity index (χ1n) is 7.33. The second-order valence-corrected chi connectivity index (χ2v) is 5.97. The van der Waals surface area contributed by atoms with Crippen LogP contribution in [-0.2, 0) is 4.79 Å². The summed E-state index contributed by atoms with van der Waals surface area (Å²) in [5.41, 5.74) is 0. The van der Waals surface area contributed by atoms with Gasteiger partial charge in [-0.1, -0.05) is 6.42 Å². The first-order chi connectivity index (χ1) is 8.66. The van der Waals surface area contributed by atoms with E-state index in [1.807, 2.05) is 11.9 Å². The van der Waals surface area contributed by atoms with Crippen molar-refractivity contribution in [1.82, 2.24) is 15.1 Å². The molecular formula is C14H27N3O. The first kappa shape index (κ1) is 13.8. The zero-order valence-electron chi connectivity index (χ0n) is 11.8. The molecule has 1 atom stereocenters. The van der Waals surface area contributed by atoms with Gasteiger partial charge in [-0.15, -0.1) is 0 Å². The summed E-state index contributed by atoms with van der Waals surface area (Å²) in [6, 6.07) is 0.0787. The van der Waals surface area contributed by atoms with Crippen molar-refractivity contribution in [1.29, 1.82) is 0 Å². The third-order valence-corrected chi connectivity index (χ3v) is 4.35. The predicted molar refractivity (Wildman–Crippen MR) is 73.5 cm³/mol. The quantitative estimate of drug-likeness (QED) is 0.813. The van der Waals surface area contributed by atoms with Crippen molar-refractivity contribution in [2.45, 2.75) is 38.1 Å². The third kappa shape index (κ3) is 3.69. The monoisotopic (exact) mass is 253 g/mol. The summed E-state index contributed by atoms with van der Waals surface area (Å²) in [6.07, 6.45) is 5.86. The molecule has 2 fully saturated rings. The number of likely N-dealkylation sites (N-methyl/N-ethyl adjacent to an activating group) is 1. The molecule has 0 radical (unpaired) electrons. The Morgan fingerprint density at radius 1 is 1.28 bits per heavy atom. The molecule has 2 heterocycles. The highest BCUT2D eigenvalue weighted by Crippen LogP contribution is 2.18. The minimum absolute atomic E-state index is 0.0787. The van der Waals surface area contributed by atoms with Crippen LogP contribution in [0.1, 0.15) is 32.1 Å². The van der Waals surface area contributed by atoms with Crippen LogP contribution < -0.4 is 5.32 Å². The Balaban J connectivity index is 1.76. The van der Waals surface area contributed by atoms with Crippen LogP contribution in [0.25, 0.3) is 0 Å². The average Bonchev–Trinajstić information content (AvgIpc) is 2.41. The Morgan fingerprint density at radius 2 is 2.00 bits per heavy atom. The van der Waals surface area contributed by atoms with Crippen LogP contribution in [0.15, 0.2) is 0 Å². The van der Waals surface area contributed by atoms with E-state index < -0.39 is 0 Å². The number of piperidine rings is 2. The molecule has 1 N–H and O–H groups in total. The Hall–Kier alpha value is -0.610. The lowest BCUT2D eigenvalue weighted by molar-refractivity contribution is -0.133. The second-order valence-electron chi connectivity index (χ2n) is 5.97. The molecule has 0 aromatic carbocycles. The summed E-state index contributed by atoms with van der Waals surface area (Å²) < 4.78 is 0. The van der Waals surface area contributed by atoms with Crippen molar-refractivity contribution in [2.75, 3.05) is 40.3 Å². The zero-order chi connectivity index (χ0) is 13.0. The molecule has 1 amide bonds. The van der Waals surface area contributed by atoms with Gasteiger partial charge in [-0.3, -0.25) is 4.79 Å². The molecule has 1 unspecified atom stereocenters. The molecule has 104 valence electrons. The lowest BCUT2D eigenvalue weighted by atomic mass is 9.96. The summed E-state index contributed by atoms with van der Waals surface area (Å²) in [6.45, 7) is 4.28. The van der Waals surface area contributed by atoms with E-state index in [-0.39, 0.29) is 6.04 Å². The van der Waals surface area contributed by atoms with Crippen molar-refractivity contribution in [3.8, 4) is 0 Å². The molecule has 2 rings (SSSR count). The summed E-state index contributed by atoms with van der Waals surface area (Å²) >= 11 is 0. The molecule has 0 aliphatic carbocycles. The smallest absolute Gasteiger partial charge is 0.239 e. The molecule has 18 heavy (non-hydrogen) atoms. The Kier molecular flexibility index (Phi) is 5.01.